The first kappa shape index (κ1) is 13.2. The SMILES string of the molecule is Cc1cc(Cl)c(-n2ccnc2NC(C)C)cc1Cl. The summed E-state index contributed by atoms with van der Waals surface area (Å²) in [6.07, 6.45) is 3.59. The third-order valence-electron chi connectivity index (χ3n) is 2.55. The van der Waals surface area contributed by atoms with Crippen LogP contribution in [-0.2, 0) is 0 Å². The molecule has 1 aromatic heterocycles. The van der Waals surface area contributed by atoms with Crippen molar-refractivity contribution in [2.45, 2.75) is 26.8 Å². The smallest absolute Gasteiger partial charge is 0.207 e. The highest BCUT2D eigenvalue weighted by Gasteiger charge is 2.11. The lowest BCUT2D eigenvalue weighted by atomic mass is 10.2. The van der Waals surface area contributed by atoms with E-state index in [4.69, 9.17) is 23.2 Å². The minimum absolute atomic E-state index is 0.297. The van der Waals surface area contributed by atoms with Crippen molar-refractivity contribution in [3.63, 3.8) is 0 Å². The highest BCUT2D eigenvalue weighted by atomic mass is 35.5. The summed E-state index contributed by atoms with van der Waals surface area (Å²) in [4.78, 5) is 4.28. The second kappa shape index (κ2) is 5.21. The van der Waals surface area contributed by atoms with E-state index < -0.39 is 0 Å². The Bertz CT molecular complexity index is 561. The van der Waals surface area contributed by atoms with Crippen molar-refractivity contribution in [1.82, 2.24) is 9.55 Å². The van der Waals surface area contributed by atoms with E-state index in [2.05, 4.69) is 24.1 Å². The lowest BCUT2D eigenvalue weighted by molar-refractivity contribution is 0.864. The summed E-state index contributed by atoms with van der Waals surface area (Å²) < 4.78 is 1.90. The number of nitrogens with zero attached hydrogens (tertiary/aromatic N) is 2. The molecule has 1 aromatic carbocycles. The molecule has 0 bridgehead atoms. The van der Waals surface area contributed by atoms with E-state index in [0.717, 1.165) is 17.2 Å². The number of nitrogens with one attached hydrogen (secondary N) is 1. The zero-order valence-electron chi connectivity index (χ0n) is 10.5. The Hall–Kier alpha value is -1.19. The molecular weight excluding hydrogens is 269 g/mol. The van der Waals surface area contributed by atoms with Gasteiger partial charge in [0.05, 0.1) is 10.7 Å². The molecule has 0 spiro atoms. The Morgan fingerprint density at radius 1 is 1.22 bits per heavy atom. The van der Waals surface area contributed by atoms with Crippen LogP contribution < -0.4 is 5.32 Å². The molecule has 0 fully saturated rings. The highest BCUT2D eigenvalue weighted by molar-refractivity contribution is 6.35. The van der Waals surface area contributed by atoms with Crippen molar-refractivity contribution in [2.24, 2.45) is 0 Å². The summed E-state index contributed by atoms with van der Waals surface area (Å²) in [5, 5.41) is 4.61. The fraction of sp³-hybridized carbons (Fsp3) is 0.308. The largest absolute Gasteiger partial charge is 0.353 e. The molecule has 0 aliphatic heterocycles. The molecule has 5 heteroatoms. The third-order valence-corrected chi connectivity index (χ3v) is 3.26. The summed E-state index contributed by atoms with van der Waals surface area (Å²) in [6.45, 7) is 6.05. The van der Waals surface area contributed by atoms with Crippen LogP contribution in [0.25, 0.3) is 5.69 Å². The fourth-order valence-electron chi connectivity index (χ4n) is 1.68. The van der Waals surface area contributed by atoms with E-state index in [1.54, 1.807) is 6.20 Å². The number of benzene rings is 1. The lowest BCUT2D eigenvalue weighted by Gasteiger charge is -2.14. The highest BCUT2D eigenvalue weighted by Crippen LogP contribution is 2.29. The van der Waals surface area contributed by atoms with Crippen molar-refractivity contribution in [3.05, 3.63) is 40.1 Å². The number of aryl methyl sites for hydroxylation is 1. The Balaban J connectivity index is 2.49. The molecule has 0 unspecified atom stereocenters. The van der Waals surface area contributed by atoms with E-state index in [0.29, 0.717) is 16.1 Å². The van der Waals surface area contributed by atoms with Crippen LogP contribution in [-0.4, -0.2) is 15.6 Å². The van der Waals surface area contributed by atoms with Crippen LogP contribution >= 0.6 is 23.2 Å². The van der Waals surface area contributed by atoms with E-state index in [-0.39, 0.29) is 0 Å². The predicted molar refractivity (Wildman–Crippen MR) is 77.1 cm³/mol. The van der Waals surface area contributed by atoms with Gasteiger partial charge in [0, 0.05) is 23.5 Å². The Kier molecular flexibility index (Phi) is 3.83. The van der Waals surface area contributed by atoms with E-state index in [1.165, 1.54) is 0 Å². The van der Waals surface area contributed by atoms with Crippen LogP contribution in [0.4, 0.5) is 5.95 Å². The van der Waals surface area contributed by atoms with E-state index in [9.17, 15) is 0 Å². The van der Waals surface area contributed by atoms with Gasteiger partial charge < -0.3 is 5.32 Å². The average molecular weight is 284 g/mol. The predicted octanol–water partition coefficient (Wildman–Crippen LogP) is 4.31. The first-order chi connectivity index (χ1) is 8.49. The molecule has 0 saturated heterocycles. The van der Waals surface area contributed by atoms with Crippen LogP contribution in [0.2, 0.25) is 10.0 Å². The van der Waals surface area contributed by atoms with Crippen molar-refractivity contribution in [3.8, 4) is 5.69 Å². The van der Waals surface area contributed by atoms with Gasteiger partial charge in [-0.25, -0.2) is 4.98 Å². The second-order valence-corrected chi connectivity index (χ2v) is 5.29. The van der Waals surface area contributed by atoms with E-state index in [1.807, 2.05) is 29.8 Å². The van der Waals surface area contributed by atoms with Crippen LogP contribution in [0.15, 0.2) is 24.5 Å². The number of aromatic nitrogens is 2. The Morgan fingerprint density at radius 2 is 1.94 bits per heavy atom. The molecule has 0 radical (unpaired) electrons. The Labute approximate surface area is 117 Å². The molecule has 18 heavy (non-hydrogen) atoms. The van der Waals surface area contributed by atoms with E-state index >= 15 is 0 Å². The maximum Gasteiger partial charge on any atom is 0.207 e. The molecule has 3 nitrogen and oxygen atoms in total. The van der Waals surface area contributed by atoms with Crippen molar-refractivity contribution in [1.29, 1.82) is 0 Å². The molecule has 1 heterocycles. The minimum atomic E-state index is 0.297. The first-order valence-corrected chi connectivity index (χ1v) is 6.50. The van der Waals surface area contributed by atoms with Crippen molar-refractivity contribution >= 4 is 29.2 Å². The maximum absolute atomic E-state index is 6.27. The van der Waals surface area contributed by atoms with Gasteiger partial charge in [-0.05, 0) is 38.5 Å². The topological polar surface area (TPSA) is 29.9 Å². The van der Waals surface area contributed by atoms with Crippen LogP contribution in [0, 0.1) is 6.92 Å². The van der Waals surface area contributed by atoms with Gasteiger partial charge in [0.15, 0.2) is 0 Å². The van der Waals surface area contributed by atoms with Crippen LogP contribution in [0.3, 0.4) is 0 Å². The van der Waals surface area contributed by atoms with Gasteiger partial charge >= 0.3 is 0 Å². The second-order valence-electron chi connectivity index (χ2n) is 4.47. The number of imidazole rings is 1. The zero-order chi connectivity index (χ0) is 13.3. The van der Waals surface area contributed by atoms with Gasteiger partial charge in [0.2, 0.25) is 5.95 Å². The molecule has 0 saturated carbocycles. The lowest BCUT2D eigenvalue weighted by Crippen LogP contribution is -2.14. The van der Waals surface area contributed by atoms with Gasteiger partial charge in [-0.2, -0.15) is 0 Å². The minimum Gasteiger partial charge on any atom is -0.353 e. The van der Waals surface area contributed by atoms with Crippen molar-refractivity contribution < 1.29 is 0 Å². The van der Waals surface area contributed by atoms with Crippen LogP contribution in [0.1, 0.15) is 19.4 Å². The molecule has 0 amide bonds. The summed E-state index contributed by atoms with van der Waals surface area (Å²) in [7, 11) is 0. The van der Waals surface area contributed by atoms with Crippen molar-refractivity contribution in [2.75, 3.05) is 5.32 Å². The molecular formula is C13H15Cl2N3. The molecule has 2 aromatic rings. The molecule has 0 aliphatic rings. The monoisotopic (exact) mass is 283 g/mol. The maximum atomic E-state index is 6.27. The summed E-state index contributed by atoms with van der Waals surface area (Å²) in [5.74, 6) is 0.756. The normalized spacial score (nSPS) is 11.0. The number of rotatable bonds is 3. The number of anilines is 1. The number of hydrogen-bond donors (Lipinski definition) is 1. The fourth-order valence-corrected chi connectivity index (χ4v) is 2.15. The standard InChI is InChI=1S/C13H15Cl2N3/c1-8(2)17-13-16-4-5-18(13)12-7-10(14)9(3)6-11(12)15/h4-8H,1-3H3,(H,16,17). The molecule has 0 aliphatic carbocycles. The molecule has 2 rings (SSSR count). The third kappa shape index (κ3) is 2.62. The first-order valence-electron chi connectivity index (χ1n) is 5.75. The zero-order valence-corrected chi connectivity index (χ0v) is 12.0. The van der Waals surface area contributed by atoms with Crippen LogP contribution in [0.5, 0.6) is 0 Å². The Morgan fingerprint density at radius 3 is 2.61 bits per heavy atom. The van der Waals surface area contributed by atoms with Gasteiger partial charge in [-0.3, -0.25) is 4.57 Å². The summed E-state index contributed by atoms with van der Waals surface area (Å²) in [6, 6.07) is 4.01. The molecule has 96 valence electrons. The van der Waals surface area contributed by atoms with Gasteiger partial charge in [-0.15, -0.1) is 0 Å². The van der Waals surface area contributed by atoms with Gasteiger partial charge in [0.25, 0.3) is 0 Å². The van der Waals surface area contributed by atoms with Gasteiger partial charge in [0.1, 0.15) is 0 Å². The average Bonchev–Trinajstić information content (AvgIpc) is 2.70. The number of halogens is 2. The molecule has 0 atom stereocenters. The summed E-state index contributed by atoms with van der Waals surface area (Å²) >= 11 is 12.4. The van der Waals surface area contributed by atoms with Gasteiger partial charge in [-0.1, -0.05) is 23.2 Å². The molecule has 1 N–H and O–H groups in total. The summed E-state index contributed by atoms with van der Waals surface area (Å²) in [5.41, 5.74) is 1.79. The number of hydrogen-bond acceptors (Lipinski definition) is 2. The quantitative estimate of drug-likeness (QED) is 0.910.